The molecular weight excluding hydrogens is 563 g/mol. The third kappa shape index (κ3) is 40.0. The summed E-state index contributed by atoms with van der Waals surface area (Å²) in [5, 5.41) is 0. The van der Waals surface area contributed by atoms with Crippen LogP contribution in [0, 0.1) is 0 Å². The van der Waals surface area contributed by atoms with Crippen molar-refractivity contribution in [3.8, 4) is 0 Å². The Morgan fingerprint density at radius 1 is 0.326 bits per heavy atom. The first-order chi connectivity index (χ1) is 20.5. The maximum absolute atomic E-state index is 13.1. The van der Waals surface area contributed by atoms with Gasteiger partial charge < -0.3 is 0 Å². The van der Waals surface area contributed by atoms with E-state index in [0.717, 1.165) is 25.7 Å². The largest absolute Gasteiger partial charge is 0.401 e. The van der Waals surface area contributed by atoms with E-state index >= 15 is 0 Å². The maximum Gasteiger partial charge on any atom is 0.401 e. The van der Waals surface area contributed by atoms with Gasteiger partial charge in [-0.2, -0.15) is 13.2 Å². The van der Waals surface area contributed by atoms with Crippen molar-refractivity contribution in [2.75, 3.05) is 19.6 Å². The molecule has 43 heavy (non-hydrogen) atoms. The van der Waals surface area contributed by atoms with Crippen molar-refractivity contribution in [2.24, 2.45) is 0 Å². The summed E-state index contributed by atoms with van der Waals surface area (Å²) in [5.41, 5.74) is 0. The highest BCUT2D eigenvalue weighted by Crippen LogP contribution is 2.19. The third-order valence-corrected chi connectivity index (χ3v) is 9.06. The summed E-state index contributed by atoms with van der Waals surface area (Å²) in [4.78, 5) is 1.67. The van der Waals surface area contributed by atoms with E-state index in [4.69, 9.17) is 0 Å². The summed E-state index contributed by atoms with van der Waals surface area (Å²) in [6.45, 7) is 5.03. The predicted octanol–water partition coefficient (Wildman–Crippen LogP) is 14.8. The second-order valence-electron chi connectivity index (χ2n) is 13.5. The Bertz CT molecular complexity index is 464. The molecule has 0 amide bonds. The fourth-order valence-electron chi connectivity index (χ4n) is 6.29. The van der Waals surface area contributed by atoms with Crippen molar-refractivity contribution < 1.29 is 13.2 Å². The lowest BCUT2D eigenvalue weighted by molar-refractivity contribution is -0.146. The van der Waals surface area contributed by atoms with Gasteiger partial charge in [-0.25, -0.2) is 0 Å². The minimum Gasteiger partial charge on any atom is -0.295 e. The molecule has 0 saturated heterocycles. The van der Waals surface area contributed by atoms with Crippen LogP contribution < -0.4 is 0 Å². The second kappa shape index (κ2) is 36.5. The highest BCUT2D eigenvalue weighted by Gasteiger charge is 2.30. The van der Waals surface area contributed by atoms with Gasteiger partial charge in [0.05, 0.1) is 6.54 Å². The zero-order chi connectivity index (χ0) is 30.8. The van der Waals surface area contributed by atoms with Crippen LogP contribution in [0.5, 0.6) is 0 Å². The topological polar surface area (TPSA) is 3.24 Å². The average molecular weight is 640 g/mol. The number of halogens is 4. The lowest BCUT2D eigenvalue weighted by atomic mass is 10.0. The summed E-state index contributed by atoms with van der Waals surface area (Å²) in [6.07, 6.45) is 37.8. The first-order valence-electron chi connectivity index (χ1n) is 19.3. The van der Waals surface area contributed by atoms with Crippen LogP contribution in [0.2, 0.25) is 0 Å². The molecule has 0 saturated carbocycles. The summed E-state index contributed by atoms with van der Waals surface area (Å²) < 4.78 is 39.2. The van der Waals surface area contributed by atoms with Gasteiger partial charge in [-0.3, -0.25) is 4.90 Å². The predicted molar refractivity (Wildman–Crippen MR) is 189 cm³/mol. The second-order valence-corrected chi connectivity index (χ2v) is 13.5. The Morgan fingerprint density at radius 2 is 0.512 bits per heavy atom. The zero-order valence-electron chi connectivity index (χ0n) is 29.2. The van der Waals surface area contributed by atoms with Gasteiger partial charge in [0.2, 0.25) is 0 Å². The number of hydrogen-bond donors (Lipinski definition) is 0. The van der Waals surface area contributed by atoms with E-state index in [0.29, 0.717) is 13.1 Å². The molecule has 262 valence electrons. The Morgan fingerprint density at radius 3 is 0.698 bits per heavy atom. The van der Waals surface area contributed by atoms with Crippen molar-refractivity contribution in [1.82, 2.24) is 4.90 Å². The summed E-state index contributed by atoms with van der Waals surface area (Å²) in [5.74, 6) is 0. The lowest BCUT2D eigenvalue weighted by Gasteiger charge is -2.23. The molecule has 0 aliphatic rings. The van der Waals surface area contributed by atoms with Crippen LogP contribution in [-0.4, -0.2) is 30.7 Å². The van der Waals surface area contributed by atoms with Crippen LogP contribution in [0.3, 0.4) is 0 Å². The van der Waals surface area contributed by atoms with Crippen LogP contribution in [0.25, 0.3) is 0 Å². The first-order valence-corrected chi connectivity index (χ1v) is 19.3. The number of nitrogens with zero attached hydrogens (tertiary/aromatic N) is 1. The summed E-state index contributed by atoms with van der Waals surface area (Å²) >= 11 is 0. The summed E-state index contributed by atoms with van der Waals surface area (Å²) in [7, 11) is 0. The highest BCUT2D eigenvalue weighted by atomic mass is 35.5. The molecule has 0 N–H and O–H groups in total. The third-order valence-electron chi connectivity index (χ3n) is 9.06. The van der Waals surface area contributed by atoms with E-state index in [1.54, 1.807) is 4.90 Å². The Hall–Kier alpha value is 0.0400. The van der Waals surface area contributed by atoms with Crippen LogP contribution >= 0.6 is 12.4 Å². The average Bonchev–Trinajstić information content (AvgIpc) is 2.95. The number of unbranched alkanes of at least 4 members (excludes halogenated alkanes) is 30. The van der Waals surface area contributed by atoms with Gasteiger partial charge in [-0.05, 0) is 25.9 Å². The Kier molecular flexibility index (Phi) is 38.3. The van der Waals surface area contributed by atoms with Crippen molar-refractivity contribution in [2.45, 2.75) is 225 Å². The molecule has 0 unspecified atom stereocenters. The van der Waals surface area contributed by atoms with Crippen molar-refractivity contribution >= 4 is 12.4 Å². The maximum atomic E-state index is 13.1. The zero-order valence-corrected chi connectivity index (χ0v) is 30.1. The minimum absolute atomic E-state index is 0. The van der Waals surface area contributed by atoms with Crippen LogP contribution in [0.15, 0.2) is 0 Å². The molecule has 0 aromatic heterocycles. The van der Waals surface area contributed by atoms with Gasteiger partial charge in [0.1, 0.15) is 0 Å². The minimum atomic E-state index is -4.08. The Labute approximate surface area is 275 Å². The normalized spacial score (nSPS) is 11.9. The smallest absolute Gasteiger partial charge is 0.295 e. The van der Waals surface area contributed by atoms with Crippen LogP contribution in [-0.2, 0) is 0 Å². The van der Waals surface area contributed by atoms with Crippen molar-refractivity contribution in [3.05, 3.63) is 0 Å². The van der Waals surface area contributed by atoms with Crippen molar-refractivity contribution in [3.63, 3.8) is 0 Å². The number of alkyl halides is 3. The van der Waals surface area contributed by atoms with E-state index in [1.165, 1.54) is 180 Å². The first kappa shape index (κ1) is 45.2. The van der Waals surface area contributed by atoms with E-state index < -0.39 is 12.7 Å². The fourth-order valence-corrected chi connectivity index (χ4v) is 6.29. The van der Waals surface area contributed by atoms with Crippen LogP contribution in [0.1, 0.15) is 219 Å². The van der Waals surface area contributed by atoms with E-state index in [9.17, 15) is 13.2 Å². The van der Waals surface area contributed by atoms with Gasteiger partial charge in [0.25, 0.3) is 0 Å². The molecule has 0 bridgehead atoms. The standard InChI is InChI=1S/C38H76F3N.ClH/c1-3-5-7-9-11-13-15-17-19-21-23-25-27-29-31-33-35-42(37-38(39,40)41)36-34-32-30-28-26-24-22-20-18-16-14-12-10-8-6-4-2;/h3-37H2,1-2H3;1H. The molecule has 5 heteroatoms. The molecule has 1 nitrogen and oxygen atoms in total. The molecule has 0 fully saturated rings. The molecule has 0 aliphatic heterocycles. The monoisotopic (exact) mass is 640 g/mol. The summed E-state index contributed by atoms with van der Waals surface area (Å²) in [6, 6.07) is 0. The highest BCUT2D eigenvalue weighted by molar-refractivity contribution is 5.85. The quantitative estimate of drug-likeness (QED) is 0.0623. The van der Waals surface area contributed by atoms with E-state index in [1.807, 2.05) is 0 Å². The van der Waals surface area contributed by atoms with E-state index in [2.05, 4.69) is 13.8 Å². The molecular formula is C38H77ClF3N. The van der Waals surface area contributed by atoms with Gasteiger partial charge >= 0.3 is 6.18 Å². The SMILES string of the molecule is CCCCCCCCCCCCCCCCCCN(CCCCCCCCCCCCCCCCCC)CC(F)(F)F.Cl. The molecule has 0 aromatic rings. The molecule has 0 radical (unpaired) electrons. The molecule has 0 rings (SSSR count). The molecule has 0 heterocycles. The van der Waals surface area contributed by atoms with Gasteiger partial charge in [0, 0.05) is 0 Å². The van der Waals surface area contributed by atoms with Crippen LogP contribution in [0.4, 0.5) is 13.2 Å². The Balaban J connectivity index is 0. The molecule has 0 aliphatic carbocycles. The van der Waals surface area contributed by atoms with E-state index in [-0.39, 0.29) is 12.4 Å². The lowest BCUT2D eigenvalue weighted by Crippen LogP contribution is -2.35. The molecule has 0 spiro atoms. The molecule has 0 aromatic carbocycles. The van der Waals surface area contributed by atoms with Gasteiger partial charge in [-0.15, -0.1) is 12.4 Å². The number of rotatable bonds is 35. The number of hydrogen-bond acceptors (Lipinski definition) is 1. The van der Waals surface area contributed by atoms with Crippen molar-refractivity contribution in [1.29, 1.82) is 0 Å². The fraction of sp³-hybridized carbons (Fsp3) is 1.00. The van der Waals surface area contributed by atoms with Gasteiger partial charge in [0.15, 0.2) is 0 Å². The molecule has 0 atom stereocenters. The van der Waals surface area contributed by atoms with Gasteiger partial charge in [-0.1, -0.05) is 206 Å².